The molecule has 5 rings (SSSR count). The summed E-state index contributed by atoms with van der Waals surface area (Å²) < 4.78 is 8.61. The molecule has 1 aromatic heterocycles. The Labute approximate surface area is 177 Å². The minimum absolute atomic E-state index is 0.0357. The van der Waals surface area contributed by atoms with E-state index in [1.807, 2.05) is 29.9 Å². The average molecular weight is 411 g/mol. The van der Waals surface area contributed by atoms with Crippen molar-refractivity contribution >= 4 is 11.8 Å². The Kier molecular flexibility index (Phi) is 4.73. The van der Waals surface area contributed by atoms with Gasteiger partial charge < -0.3 is 9.84 Å². The van der Waals surface area contributed by atoms with Gasteiger partial charge in [-0.3, -0.25) is 14.5 Å². The fraction of sp³-hybridized carbons (Fsp3) is 0.565. The van der Waals surface area contributed by atoms with Gasteiger partial charge in [0.2, 0.25) is 0 Å². The van der Waals surface area contributed by atoms with Crippen molar-refractivity contribution < 1.29 is 14.6 Å². The number of amides is 1. The lowest BCUT2D eigenvalue weighted by Crippen LogP contribution is -2.56. The van der Waals surface area contributed by atoms with Gasteiger partial charge in [-0.15, -0.1) is 0 Å². The SMILES string of the molecule is CC(C)N1CC(Oc2c(-c3cnn(C4CC4)c3)ccc3c2CC[C@H](C)N3C(=O)O)C1. The van der Waals surface area contributed by atoms with Crippen LogP contribution in [0.1, 0.15) is 51.6 Å². The first-order valence-corrected chi connectivity index (χ1v) is 11.1. The predicted octanol–water partition coefficient (Wildman–Crippen LogP) is 4.18. The maximum Gasteiger partial charge on any atom is 0.412 e. The minimum atomic E-state index is -0.904. The van der Waals surface area contributed by atoms with E-state index in [-0.39, 0.29) is 12.1 Å². The van der Waals surface area contributed by atoms with E-state index in [2.05, 4.69) is 30.0 Å². The van der Waals surface area contributed by atoms with Crippen LogP contribution in [0.25, 0.3) is 11.1 Å². The number of rotatable bonds is 5. The molecule has 1 aliphatic carbocycles. The molecule has 2 aromatic rings. The second-order valence-electron chi connectivity index (χ2n) is 9.21. The lowest BCUT2D eigenvalue weighted by Gasteiger charge is -2.43. The van der Waals surface area contributed by atoms with Gasteiger partial charge in [0, 0.05) is 48.1 Å². The summed E-state index contributed by atoms with van der Waals surface area (Å²) in [4.78, 5) is 15.8. The summed E-state index contributed by atoms with van der Waals surface area (Å²) in [5.74, 6) is 0.842. The second kappa shape index (κ2) is 7.30. The van der Waals surface area contributed by atoms with Crippen LogP contribution in [0.15, 0.2) is 24.5 Å². The summed E-state index contributed by atoms with van der Waals surface area (Å²) in [5.41, 5.74) is 3.83. The quantitative estimate of drug-likeness (QED) is 0.801. The second-order valence-corrected chi connectivity index (χ2v) is 9.21. The topological polar surface area (TPSA) is 70.8 Å². The van der Waals surface area contributed by atoms with Crippen LogP contribution in [0.4, 0.5) is 10.5 Å². The van der Waals surface area contributed by atoms with E-state index < -0.39 is 6.09 Å². The monoisotopic (exact) mass is 410 g/mol. The maximum absolute atomic E-state index is 12.0. The van der Waals surface area contributed by atoms with Crippen LogP contribution >= 0.6 is 0 Å². The fourth-order valence-corrected chi connectivity index (χ4v) is 4.61. The smallest absolute Gasteiger partial charge is 0.412 e. The third-order valence-electron chi connectivity index (χ3n) is 6.68. The van der Waals surface area contributed by atoms with Crippen LogP contribution < -0.4 is 9.64 Å². The van der Waals surface area contributed by atoms with E-state index in [1.165, 1.54) is 17.7 Å². The molecular weight excluding hydrogens is 380 g/mol. The Balaban J connectivity index is 1.53. The number of nitrogens with zero attached hydrogens (tertiary/aromatic N) is 4. The first-order chi connectivity index (χ1) is 14.4. The van der Waals surface area contributed by atoms with E-state index in [4.69, 9.17) is 4.74 Å². The zero-order valence-corrected chi connectivity index (χ0v) is 17.9. The van der Waals surface area contributed by atoms with Crippen LogP contribution in [-0.2, 0) is 6.42 Å². The standard InChI is InChI=1S/C23H30N4O3/c1-14(2)25-12-18(13-25)30-22-19(16-10-24-26(11-16)17-5-6-17)8-9-21-20(22)7-4-15(3)27(21)23(28)29/h8-11,14-15,17-18H,4-7,12-13H2,1-3H3,(H,28,29)/t15-/m0/s1. The third kappa shape index (κ3) is 3.35. The first-order valence-electron chi connectivity index (χ1n) is 11.1. The minimum Gasteiger partial charge on any atom is -0.487 e. The molecule has 7 nitrogen and oxygen atoms in total. The number of carboxylic acid groups (broad SMARTS) is 1. The van der Waals surface area contributed by atoms with E-state index in [0.717, 1.165) is 54.1 Å². The molecule has 1 saturated heterocycles. The number of ether oxygens (including phenoxy) is 1. The maximum atomic E-state index is 12.0. The highest BCUT2D eigenvalue weighted by Crippen LogP contribution is 2.44. The van der Waals surface area contributed by atoms with Gasteiger partial charge >= 0.3 is 6.09 Å². The normalized spacial score (nSPS) is 22.1. The number of carbonyl (C=O) groups is 1. The highest BCUT2D eigenvalue weighted by atomic mass is 16.5. The molecule has 0 bridgehead atoms. The Bertz CT molecular complexity index is 959. The van der Waals surface area contributed by atoms with Crippen LogP contribution in [0.5, 0.6) is 5.75 Å². The van der Waals surface area contributed by atoms with Gasteiger partial charge in [0.15, 0.2) is 0 Å². The summed E-state index contributed by atoms with van der Waals surface area (Å²) in [6, 6.07) is 4.95. The van der Waals surface area contributed by atoms with Crippen LogP contribution in [0.3, 0.4) is 0 Å². The molecule has 1 aromatic carbocycles. The molecule has 0 spiro atoms. The molecule has 30 heavy (non-hydrogen) atoms. The summed E-state index contributed by atoms with van der Waals surface area (Å²) in [7, 11) is 0. The Hall–Kier alpha value is -2.54. The van der Waals surface area contributed by atoms with Gasteiger partial charge in [0.05, 0.1) is 17.9 Å². The van der Waals surface area contributed by atoms with Crippen molar-refractivity contribution in [3.05, 3.63) is 30.1 Å². The highest BCUT2D eigenvalue weighted by molar-refractivity contribution is 5.91. The van der Waals surface area contributed by atoms with Gasteiger partial charge in [-0.2, -0.15) is 5.10 Å². The summed E-state index contributed by atoms with van der Waals surface area (Å²) >= 11 is 0. The summed E-state index contributed by atoms with van der Waals surface area (Å²) in [6.45, 7) is 8.18. The molecule has 2 aliphatic heterocycles. The van der Waals surface area contributed by atoms with Crippen molar-refractivity contribution in [2.24, 2.45) is 0 Å². The molecule has 160 valence electrons. The number of likely N-dealkylation sites (tertiary alicyclic amines) is 1. The number of benzene rings is 1. The average Bonchev–Trinajstić information content (AvgIpc) is 3.40. The lowest BCUT2D eigenvalue weighted by atomic mass is 9.92. The highest BCUT2D eigenvalue weighted by Gasteiger charge is 2.35. The lowest BCUT2D eigenvalue weighted by molar-refractivity contribution is -0.0000542. The number of fused-ring (bicyclic) bond motifs is 1. The summed E-state index contributed by atoms with van der Waals surface area (Å²) in [5, 5.41) is 14.4. The zero-order valence-electron chi connectivity index (χ0n) is 17.9. The van der Waals surface area contributed by atoms with Gasteiger partial charge in [0.25, 0.3) is 0 Å². The Morgan fingerprint density at radius 1 is 1.23 bits per heavy atom. The molecule has 0 unspecified atom stereocenters. The van der Waals surface area contributed by atoms with Gasteiger partial charge in [-0.1, -0.05) is 0 Å². The molecule has 1 N–H and O–H groups in total. The predicted molar refractivity (Wildman–Crippen MR) is 115 cm³/mol. The molecule has 3 aliphatic rings. The Morgan fingerprint density at radius 2 is 2.00 bits per heavy atom. The van der Waals surface area contributed by atoms with E-state index >= 15 is 0 Å². The molecule has 2 fully saturated rings. The first kappa shape index (κ1) is 19.4. The van der Waals surface area contributed by atoms with Crippen LogP contribution in [-0.4, -0.2) is 57.2 Å². The van der Waals surface area contributed by atoms with Gasteiger partial charge in [-0.05, 0) is 58.6 Å². The summed E-state index contributed by atoms with van der Waals surface area (Å²) in [6.07, 6.45) is 7.24. The molecular formula is C23H30N4O3. The number of hydrogen-bond donors (Lipinski definition) is 1. The van der Waals surface area contributed by atoms with Gasteiger partial charge in [0.1, 0.15) is 11.9 Å². The molecule has 1 atom stereocenters. The molecule has 1 amide bonds. The fourth-order valence-electron chi connectivity index (χ4n) is 4.61. The van der Waals surface area contributed by atoms with Crippen molar-refractivity contribution in [1.29, 1.82) is 0 Å². The number of hydrogen-bond acceptors (Lipinski definition) is 4. The van der Waals surface area contributed by atoms with Crippen molar-refractivity contribution in [2.45, 2.75) is 70.7 Å². The molecule has 0 radical (unpaired) electrons. The molecule has 7 heteroatoms. The molecule has 3 heterocycles. The van der Waals surface area contributed by atoms with E-state index in [9.17, 15) is 9.90 Å². The third-order valence-corrected chi connectivity index (χ3v) is 6.68. The Morgan fingerprint density at radius 3 is 2.67 bits per heavy atom. The van der Waals surface area contributed by atoms with Crippen LogP contribution in [0.2, 0.25) is 0 Å². The van der Waals surface area contributed by atoms with E-state index in [1.54, 1.807) is 0 Å². The van der Waals surface area contributed by atoms with Gasteiger partial charge in [-0.25, -0.2) is 4.79 Å². The van der Waals surface area contributed by atoms with E-state index in [0.29, 0.717) is 12.1 Å². The molecule has 1 saturated carbocycles. The zero-order chi connectivity index (χ0) is 21.0. The number of anilines is 1. The van der Waals surface area contributed by atoms with Crippen LogP contribution in [0, 0.1) is 0 Å². The number of aromatic nitrogens is 2. The van der Waals surface area contributed by atoms with Crippen molar-refractivity contribution in [3.63, 3.8) is 0 Å². The van der Waals surface area contributed by atoms with Crippen molar-refractivity contribution in [1.82, 2.24) is 14.7 Å². The largest absolute Gasteiger partial charge is 0.487 e. The van der Waals surface area contributed by atoms with Crippen molar-refractivity contribution in [2.75, 3.05) is 18.0 Å². The van der Waals surface area contributed by atoms with Crippen molar-refractivity contribution in [3.8, 4) is 16.9 Å².